The van der Waals surface area contributed by atoms with Crippen molar-refractivity contribution in [3.63, 3.8) is 0 Å². The summed E-state index contributed by atoms with van der Waals surface area (Å²) in [5, 5.41) is 0. The van der Waals surface area contributed by atoms with E-state index >= 15 is 0 Å². The van der Waals surface area contributed by atoms with Gasteiger partial charge in [0.25, 0.3) is 0 Å². The normalized spacial score (nSPS) is 10.7. The topological polar surface area (TPSA) is 70.8 Å². The molecule has 0 aliphatic carbocycles. The highest BCUT2D eigenvalue weighted by atomic mass is 16.5. The molecule has 1 rings (SSSR count). The first-order valence-electron chi connectivity index (χ1n) is 6.20. The first-order valence-corrected chi connectivity index (χ1v) is 6.20. The SMILES string of the molecule is COC(=O)c1cc(OC(C)C)c(N)c(OC(C)C)c1. The third-order valence-electron chi connectivity index (χ3n) is 2.25. The summed E-state index contributed by atoms with van der Waals surface area (Å²) in [6.07, 6.45) is -0.107. The predicted octanol–water partition coefficient (Wildman–Crippen LogP) is 2.63. The average Bonchev–Trinajstić information content (AvgIpc) is 2.31. The number of nitrogen functional groups attached to an aromatic ring is 1. The Morgan fingerprint density at radius 2 is 1.47 bits per heavy atom. The molecule has 2 N–H and O–H groups in total. The van der Waals surface area contributed by atoms with Gasteiger partial charge in [-0.1, -0.05) is 0 Å². The lowest BCUT2D eigenvalue weighted by Crippen LogP contribution is -2.13. The molecule has 0 aliphatic heterocycles. The molecule has 19 heavy (non-hydrogen) atoms. The van der Waals surface area contributed by atoms with E-state index in [2.05, 4.69) is 0 Å². The minimum Gasteiger partial charge on any atom is -0.489 e. The molecule has 5 heteroatoms. The molecule has 1 aromatic carbocycles. The standard InChI is InChI=1S/C14H21NO4/c1-8(2)18-11-6-10(14(16)17-5)7-12(13(11)15)19-9(3)4/h6-9H,15H2,1-5H3. The second-order valence-corrected chi connectivity index (χ2v) is 4.71. The Morgan fingerprint density at radius 3 is 1.79 bits per heavy atom. The Kier molecular flexibility index (Phi) is 5.03. The molecule has 5 nitrogen and oxygen atoms in total. The van der Waals surface area contributed by atoms with Crippen LogP contribution in [0.5, 0.6) is 11.5 Å². The van der Waals surface area contributed by atoms with Crippen LogP contribution in [0.25, 0.3) is 0 Å². The molecule has 0 atom stereocenters. The second-order valence-electron chi connectivity index (χ2n) is 4.71. The zero-order valence-electron chi connectivity index (χ0n) is 12.0. The number of methoxy groups -OCH3 is 1. The first-order chi connectivity index (χ1) is 8.85. The number of hydrogen-bond donors (Lipinski definition) is 1. The number of anilines is 1. The van der Waals surface area contributed by atoms with Gasteiger partial charge in [0.1, 0.15) is 17.2 Å². The van der Waals surface area contributed by atoms with Gasteiger partial charge in [0, 0.05) is 0 Å². The summed E-state index contributed by atoms with van der Waals surface area (Å²) in [6, 6.07) is 3.13. The fraction of sp³-hybridized carbons (Fsp3) is 0.500. The lowest BCUT2D eigenvalue weighted by atomic mass is 10.1. The van der Waals surface area contributed by atoms with Gasteiger partial charge in [-0.05, 0) is 39.8 Å². The van der Waals surface area contributed by atoms with Gasteiger partial charge in [0.2, 0.25) is 0 Å². The molecule has 0 aliphatic rings. The van der Waals surface area contributed by atoms with Crippen LogP contribution in [0.2, 0.25) is 0 Å². The Bertz CT molecular complexity index is 424. The summed E-state index contributed by atoms with van der Waals surface area (Å²) in [4.78, 5) is 11.6. The molecule has 0 saturated heterocycles. The van der Waals surface area contributed by atoms with E-state index in [9.17, 15) is 4.79 Å². The van der Waals surface area contributed by atoms with Gasteiger partial charge < -0.3 is 19.9 Å². The molecule has 0 aromatic heterocycles. The second kappa shape index (κ2) is 6.31. The van der Waals surface area contributed by atoms with Gasteiger partial charge in [-0.15, -0.1) is 0 Å². The smallest absolute Gasteiger partial charge is 0.338 e. The van der Waals surface area contributed by atoms with E-state index in [0.29, 0.717) is 22.7 Å². The average molecular weight is 267 g/mol. The summed E-state index contributed by atoms with van der Waals surface area (Å²) in [6.45, 7) is 7.53. The summed E-state index contributed by atoms with van der Waals surface area (Å²) in [7, 11) is 1.32. The molecule has 0 fully saturated rings. The predicted molar refractivity (Wildman–Crippen MR) is 73.7 cm³/mol. The van der Waals surface area contributed by atoms with E-state index < -0.39 is 5.97 Å². The largest absolute Gasteiger partial charge is 0.489 e. The van der Waals surface area contributed by atoms with Crippen molar-refractivity contribution in [3.8, 4) is 11.5 Å². The van der Waals surface area contributed by atoms with Crippen molar-refractivity contribution in [2.75, 3.05) is 12.8 Å². The monoisotopic (exact) mass is 267 g/mol. The summed E-state index contributed by atoms with van der Waals surface area (Å²) in [5.41, 5.74) is 6.72. The molecule has 0 amide bonds. The zero-order chi connectivity index (χ0) is 14.6. The Balaban J connectivity index is 3.25. The summed E-state index contributed by atoms with van der Waals surface area (Å²) >= 11 is 0. The lowest BCUT2D eigenvalue weighted by molar-refractivity contribution is 0.0599. The molecule has 0 unspecified atom stereocenters. The van der Waals surface area contributed by atoms with Crippen LogP contribution in [0, 0.1) is 0 Å². The van der Waals surface area contributed by atoms with E-state index in [1.165, 1.54) is 7.11 Å². The fourth-order valence-electron chi connectivity index (χ4n) is 1.54. The van der Waals surface area contributed by atoms with Crippen molar-refractivity contribution in [1.29, 1.82) is 0 Å². The lowest BCUT2D eigenvalue weighted by Gasteiger charge is -2.18. The Hall–Kier alpha value is -1.91. The minimum atomic E-state index is -0.456. The number of esters is 1. The first kappa shape index (κ1) is 15.1. The number of rotatable bonds is 5. The van der Waals surface area contributed by atoms with E-state index in [-0.39, 0.29) is 12.2 Å². The minimum absolute atomic E-state index is 0.0536. The maximum absolute atomic E-state index is 11.6. The molecule has 0 saturated carbocycles. The van der Waals surface area contributed by atoms with Gasteiger partial charge in [0.15, 0.2) is 0 Å². The van der Waals surface area contributed by atoms with Crippen molar-refractivity contribution in [2.45, 2.75) is 39.9 Å². The highest BCUT2D eigenvalue weighted by Gasteiger charge is 2.17. The van der Waals surface area contributed by atoms with Crippen LogP contribution in [0.1, 0.15) is 38.1 Å². The van der Waals surface area contributed by atoms with E-state index in [4.69, 9.17) is 19.9 Å². The third kappa shape index (κ3) is 4.05. The van der Waals surface area contributed by atoms with E-state index in [1.807, 2.05) is 27.7 Å². The van der Waals surface area contributed by atoms with Crippen LogP contribution in [0.4, 0.5) is 5.69 Å². The maximum Gasteiger partial charge on any atom is 0.338 e. The van der Waals surface area contributed by atoms with Gasteiger partial charge in [-0.25, -0.2) is 4.79 Å². The van der Waals surface area contributed by atoms with Crippen LogP contribution in [-0.4, -0.2) is 25.3 Å². The maximum atomic E-state index is 11.6. The van der Waals surface area contributed by atoms with Crippen molar-refractivity contribution in [2.24, 2.45) is 0 Å². The molecule has 0 bridgehead atoms. The van der Waals surface area contributed by atoms with Crippen molar-refractivity contribution in [1.82, 2.24) is 0 Å². The molecular weight excluding hydrogens is 246 g/mol. The van der Waals surface area contributed by atoms with Crippen molar-refractivity contribution in [3.05, 3.63) is 17.7 Å². The molecule has 1 aromatic rings. The van der Waals surface area contributed by atoms with Crippen LogP contribution in [0.3, 0.4) is 0 Å². The van der Waals surface area contributed by atoms with Crippen LogP contribution in [0.15, 0.2) is 12.1 Å². The highest BCUT2D eigenvalue weighted by molar-refractivity contribution is 5.91. The molecule has 0 heterocycles. The van der Waals surface area contributed by atoms with Crippen LogP contribution >= 0.6 is 0 Å². The number of ether oxygens (including phenoxy) is 3. The highest BCUT2D eigenvalue weighted by Crippen LogP contribution is 2.35. The van der Waals surface area contributed by atoms with Gasteiger partial charge in [-0.3, -0.25) is 0 Å². The van der Waals surface area contributed by atoms with E-state index in [1.54, 1.807) is 12.1 Å². The number of hydrogen-bond acceptors (Lipinski definition) is 5. The van der Waals surface area contributed by atoms with Gasteiger partial charge in [-0.2, -0.15) is 0 Å². The Morgan fingerprint density at radius 1 is 1.05 bits per heavy atom. The summed E-state index contributed by atoms with van der Waals surface area (Å²) in [5.74, 6) is 0.393. The van der Waals surface area contributed by atoms with Crippen molar-refractivity contribution >= 4 is 11.7 Å². The molecule has 0 radical (unpaired) electrons. The summed E-state index contributed by atoms with van der Waals surface area (Å²) < 4.78 is 15.9. The fourth-order valence-corrected chi connectivity index (χ4v) is 1.54. The van der Waals surface area contributed by atoms with E-state index in [0.717, 1.165) is 0 Å². The van der Waals surface area contributed by atoms with Crippen molar-refractivity contribution < 1.29 is 19.0 Å². The number of carbonyl (C=O) groups excluding carboxylic acids is 1. The molecule has 0 spiro atoms. The van der Waals surface area contributed by atoms with Gasteiger partial charge >= 0.3 is 5.97 Å². The number of nitrogens with two attached hydrogens (primary N) is 1. The number of carbonyl (C=O) groups is 1. The third-order valence-corrected chi connectivity index (χ3v) is 2.25. The Labute approximate surface area is 113 Å². The van der Waals surface area contributed by atoms with Crippen LogP contribution in [-0.2, 0) is 4.74 Å². The zero-order valence-corrected chi connectivity index (χ0v) is 12.0. The molecule has 106 valence electrons. The van der Waals surface area contributed by atoms with Crippen LogP contribution < -0.4 is 15.2 Å². The van der Waals surface area contributed by atoms with Gasteiger partial charge in [0.05, 0.1) is 24.9 Å². The molecular formula is C14H21NO4. The number of benzene rings is 1. The quantitative estimate of drug-likeness (QED) is 0.656.